The van der Waals surface area contributed by atoms with Gasteiger partial charge in [-0.15, -0.1) is 0 Å². The van der Waals surface area contributed by atoms with Gasteiger partial charge in [-0.1, -0.05) is 0 Å². The first kappa shape index (κ1) is 18.0. The lowest BCUT2D eigenvalue weighted by Crippen LogP contribution is -2.48. The summed E-state index contributed by atoms with van der Waals surface area (Å²) in [6.45, 7) is 1.22. The van der Waals surface area contributed by atoms with E-state index < -0.39 is 50.8 Å². The predicted octanol–water partition coefficient (Wildman–Crippen LogP) is 0.155. The number of carbonyl (C=O) groups excluding carboxylic acids is 2. The highest BCUT2D eigenvalue weighted by Gasteiger charge is 2.28. The van der Waals surface area contributed by atoms with Gasteiger partial charge in [0.15, 0.2) is 6.04 Å². The zero-order chi connectivity index (χ0) is 17.7. The molecule has 23 heavy (non-hydrogen) atoms. The number of rotatable bonds is 6. The van der Waals surface area contributed by atoms with E-state index in [1.165, 1.54) is 6.92 Å². The van der Waals surface area contributed by atoms with Crippen molar-refractivity contribution in [2.24, 2.45) is 0 Å². The van der Waals surface area contributed by atoms with E-state index in [0.717, 1.165) is 19.2 Å². The zero-order valence-electron chi connectivity index (χ0n) is 12.1. The molecule has 2 N–H and O–H groups in total. The topological polar surface area (TPSA) is 162 Å². The fourth-order valence-corrected chi connectivity index (χ4v) is 1.67. The molecule has 0 bridgehead atoms. The van der Waals surface area contributed by atoms with E-state index in [9.17, 15) is 34.9 Å². The Morgan fingerprint density at radius 1 is 1.17 bits per heavy atom. The van der Waals surface area contributed by atoms with Crippen molar-refractivity contribution in [1.82, 2.24) is 5.32 Å². The Labute approximate surface area is 129 Å². The Balaban J connectivity index is 3.18. The van der Waals surface area contributed by atoms with Crippen LogP contribution < -0.4 is 5.32 Å². The largest absolute Gasteiger partial charge is 0.467 e. The lowest BCUT2D eigenvalue weighted by atomic mass is 10.1. The number of ether oxygens (including phenoxy) is 1. The summed E-state index contributed by atoms with van der Waals surface area (Å²) in [7, 11) is 1.04. The highest BCUT2D eigenvalue weighted by atomic mass is 16.6. The number of aliphatic hydroxyl groups excluding tert-OH is 1. The summed E-state index contributed by atoms with van der Waals surface area (Å²) in [5.74, 6) is -1.94. The summed E-state index contributed by atoms with van der Waals surface area (Å²) in [6.07, 6.45) is -1.31. The van der Waals surface area contributed by atoms with Crippen LogP contribution in [-0.2, 0) is 9.53 Å². The first-order valence-electron chi connectivity index (χ1n) is 6.18. The number of nitro groups is 2. The van der Waals surface area contributed by atoms with Crippen molar-refractivity contribution in [1.29, 1.82) is 0 Å². The fraction of sp³-hybridized carbons (Fsp3) is 0.333. The van der Waals surface area contributed by atoms with E-state index in [4.69, 9.17) is 0 Å². The van der Waals surface area contributed by atoms with Crippen molar-refractivity contribution < 1.29 is 29.3 Å². The maximum atomic E-state index is 12.1. The van der Waals surface area contributed by atoms with Crippen LogP contribution in [0.5, 0.6) is 0 Å². The molecule has 0 spiro atoms. The van der Waals surface area contributed by atoms with Crippen molar-refractivity contribution in [3.05, 3.63) is 44.0 Å². The molecule has 1 rings (SSSR count). The number of esters is 1. The summed E-state index contributed by atoms with van der Waals surface area (Å²) in [5, 5.41) is 33.1. The monoisotopic (exact) mass is 327 g/mol. The average Bonchev–Trinajstić information content (AvgIpc) is 2.50. The molecule has 0 aliphatic carbocycles. The quantitative estimate of drug-likeness (QED) is 0.424. The summed E-state index contributed by atoms with van der Waals surface area (Å²) >= 11 is 0. The molecule has 0 fully saturated rings. The third kappa shape index (κ3) is 4.44. The lowest BCUT2D eigenvalue weighted by Gasteiger charge is -2.18. The van der Waals surface area contributed by atoms with Crippen LogP contribution in [0.3, 0.4) is 0 Å². The molecule has 1 aromatic rings. The van der Waals surface area contributed by atoms with Gasteiger partial charge in [0.1, 0.15) is 0 Å². The summed E-state index contributed by atoms with van der Waals surface area (Å²) < 4.78 is 4.40. The van der Waals surface area contributed by atoms with Crippen molar-refractivity contribution in [2.75, 3.05) is 7.11 Å². The van der Waals surface area contributed by atoms with Crippen LogP contribution in [0.4, 0.5) is 11.4 Å². The molecule has 11 heteroatoms. The van der Waals surface area contributed by atoms with Gasteiger partial charge in [-0.2, -0.15) is 0 Å². The number of hydrogen-bond donors (Lipinski definition) is 2. The Hall–Kier alpha value is -3.08. The molecule has 0 aliphatic heterocycles. The first-order chi connectivity index (χ1) is 10.7. The number of amides is 1. The molecule has 0 unspecified atom stereocenters. The second kappa shape index (κ2) is 7.26. The van der Waals surface area contributed by atoms with Gasteiger partial charge in [-0.05, 0) is 6.92 Å². The SMILES string of the molecule is COC(=O)[C@H](NC(=O)c1cc([N+](=O)[O-])cc([N+](=O)[O-])c1)[C@H](C)O. The number of nitrogens with zero attached hydrogens (tertiary/aromatic N) is 2. The molecule has 1 aromatic carbocycles. The van der Waals surface area contributed by atoms with Crippen LogP contribution in [0.2, 0.25) is 0 Å². The van der Waals surface area contributed by atoms with Crippen LogP contribution in [0.15, 0.2) is 18.2 Å². The minimum absolute atomic E-state index is 0.402. The van der Waals surface area contributed by atoms with Gasteiger partial charge in [-0.3, -0.25) is 25.0 Å². The van der Waals surface area contributed by atoms with E-state index in [2.05, 4.69) is 10.1 Å². The predicted molar refractivity (Wildman–Crippen MR) is 74.7 cm³/mol. The van der Waals surface area contributed by atoms with E-state index in [1.54, 1.807) is 0 Å². The molecule has 0 radical (unpaired) electrons. The van der Waals surface area contributed by atoms with Crippen LogP contribution in [0, 0.1) is 20.2 Å². The second-order valence-electron chi connectivity index (χ2n) is 4.47. The van der Waals surface area contributed by atoms with Crippen LogP contribution in [0.1, 0.15) is 17.3 Å². The van der Waals surface area contributed by atoms with Gasteiger partial charge in [0.2, 0.25) is 0 Å². The van der Waals surface area contributed by atoms with Gasteiger partial charge >= 0.3 is 5.97 Å². The molecule has 124 valence electrons. The number of hydrogen-bond acceptors (Lipinski definition) is 8. The lowest BCUT2D eigenvalue weighted by molar-refractivity contribution is -0.394. The maximum Gasteiger partial charge on any atom is 0.331 e. The molecule has 2 atom stereocenters. The minimum Gasteiger partial charge on any atom is -0.467 e. The minimum atomic E-state index is -1.43. The average molecular weight is 327 g/mol. The highest BCUT2D eigenvalue weighted by molar-refractivity contribution is 5.98. The third-order valence-electron chi connectivity index (χ3n) is 2.81. The molecule has 11 nitrogen and oxygen atoms in total. The Morgan fingerprint density at radius 3 is 2.00 bits per heavy atom. The van der Waals surface area contributed by atoms with E-state index in [-0.39, 0.29) is 0 Å². The van der Waals surface area contributed by atoms with Gasteiger partial charge in [0.25, 0.3) is 17.3 Å². The number of benzene rings is 1. The molecule has 0 aliphatic rings. The van der Waals surface area contributed by atoms with Crippen LogP contribution >= 0.6 is 0 Å². The van der Waals surface area contributed by atoms with Crippen LogP contribution in [0.25, 0.3) is 0 Å². The molecule has 1 amide bonds. The van der Waals surface area contributed by atoms with E-state index in [0.29, 0.717) is 6.07 Å². The van der Waals surface area contributed by atoms with Gasteiger partial charge in [0, 0.05) is 12.1 Å². The summed E-state index contributed by atoms with van der Waals surface area (Å²) in [6, 6.07) is 0.909. The van der Waals surface area contributed by atoms with Crippen molar-refractivity contribution in [3.8, 4) is 0 Å². The number of aliphatic hydroxyl groups is 1. The molecular weight excluding hydrogens is 314 g/mol. The number of nitrogens with one attached hydrogen (secondary N) is 1. The second-order valence-corrected chi connectivity index (χ2v) is 4.47. The molecular formula is C12H13N3O8. The highest BCUT2D eigenvalue weighted by Crippen LogP contribution is 2.22. The molecule has 0 saturated carbocycles. The zero-order valence-corrected chi connectivity index (χ0v) is 12.1. The summed E-state index contributed by atoms with van der Waals surface area (Å²) in [4.78, 5) is 43.3. The van der Waals surface area contributed by atoms with E-state index in [1.807, 2.05) is 0 Å². The Morgan fingerprint density at radius 2 is 1.65 bits per heavy atom. The Bertz CT molecular complexity index is 625. The van der Waals surface area contributed by atoms with E-state index >= 15 is 0 Å². The van der Waals surface area contributed by atoms with Gasteiger partial charge in [-0.25, -0.2) is 4.79 Å². The number of methoxy groups -OCH3 is 1. The first-order valence-corrected chi connectivity index (χ1v) is 6.18. The van der Waals surface area contributed by atoms with Gasteiger partial charge < -0.3 is 15.2 Å². The number of carbonyl (C=O) groups is 2. The third-order valence-corrected chi connectivity index (χ3v) is 2.81. The van der Waals surface area contributed by atoms with Crippen molar-refractivity contribution >= 4 is 23.3 Å². The fourth-order valence-electron chi connectivity index (χ4n) is 1.67. The van der Waals surface area contributed by atoms with Crippen LogP contribution in [-0.4, -0.2) is 46.1 Å². The smallest absolute Gasteiger partial charge is 0.331 e. The molecule has 0 aromatic heterocycles. The van der Waals surface area contributed by atoms with Gasteiger partial charge in [0.05, 0.1) is 34.7 Å². The standard InChI is InChI=1S/C12H13N3O8/c1-6(16)10(12(18)23-2)13-11(17)7-3-8(14(19)20)5-9(4-7)15(21)22/h3-6,10,16H,1-2H3,(H,13,17)/t6-,10+/m0/s1. The van der Waals surface area contributed by atoms with Crippen molar-refractivity contribution in [3.63, 3.8) is 0 Å². The maximum absolute atomic E-state index is 12.1. The molecule has 0 heterocycles. The normalized spacial score (nSPS) is 12.8. The summed E-state index contributed by atoms with van der Waals surface area (Å²) in [5.41, 5.74) is -1.72. The molecule has 0 saturated heterocycles. The van der Waals surface area contributed by atoms with Crippen molar-refractivity contribution in [2.45, 2.75) is 19.1 Å². The number of nitro benzene ring substituents is 2. The Kier molecular flexibility index (Phi) is 5.68. The number of non-ortho nitro benzene ring substituents is 2.